The molecule has 0 heterocycles. The maximum Gasteiger partial charge on any atom is 0.243 e. The predicted octanol–water partition coefficient (Wildman–Crippen LogP) is 5.09. The molecule has 0 spiro atoms. The van der Waals surface area contributed by atoms with Crippen LogP contribution in [0.1, 0.15) is 73.1 Å². The molecule has 0 fully saturated rings. The highest BCUT2D eigenvalue weighted by Gasteiger charge is 2.34. The fourth-order valence-corrected chi connectivity index (χ4v) is 3.18. The molecule has 1 amide bonds. The number of nitrogens with zero attached hydrogens (tertiary/aromatic N) is 1. The molecule has 0 aromatic carbocycles. The zero-order valence-corrected chi connectivity index (χ0v) is 15.6. The van der Waals surface area contributed by atoms with Crippen LogP contribution >= 0.6 is 11.6 Å². The van der Waals surface area contributed by atoms with Gasteiger partial charge in [-0.25, -0.2) is 0 Å². The normalized spacial score (nSPS) is 19.2. The van der Waals surface area contributed by atoms with Crippen molar-refractivity contribution in [3.05, 3.63) is 11.3 Å². The zero-order valence-electron chi connectivity index (χ0n) is 14.9. The van der Waals surface area contributed by atoms with Crippen molar-refractivity contribution in [1.29, 1.82) is 0 Å². The molecule has 0 N–H and O–H groups in total. The summed E-state index contributed by atoms with van der Waals surface area (Å²) in [6, 6.07) is 0. The van der Waals surface area contributed by atoms with Gasteiger partial charge in [0, 0.05) is 12.3 Å². The van der Waals surface area contributed by atoms with Crippen molar-refractivity contribution in [2.45, 2.75) is 79.4 Å². The zero-order chi connectivity index (χ0) is 16.8. The Morgan fingerprint density at radius 1 is 1.41 bits per heavy atom. The molecule has 1 atom stereocenters. The molecular formula is C18H32ClNO2. The monoisotopic (exact) mass is 329 g/mol. The molecule has 1 aliphatic rings. The van der Waals surface area contributed by atoms with E-state index in [1.807, 2.05) is 4.90 Å². The van der Waals surface area contributed by atoms with Crippen LogP contribution in [0.25, 0.3) is 0 Å². The van der Waals surface area contributed by atoms with Gasteiger partial charge in [-0.1, -0.05) is 34.1 Å². The summed E-state index contributed by atoms with van der Waals surface area (Å²) in [7, 11) is 0. The van der Waals surface area contributed by atoms with E-state index in [1.165, 1.54) is 12.0 Å². The van der Waals surface area contributed by atoms with Gasteiger partial charge in [0.25, 0.3) is 0 Å². The summed E-state index contributed by atoms with van der Waals surface area (Å²) in [5.41, 5.74) is 2.57. The van der Waals surface area contributed by atoms with Gasteiger partial charge in [-0.3, -0.25) is 9.69 Å². The number of unbranched alkanes of at least 4 members (excludes halogenated alkanes) is 1. The van der Waals surface area contributed by atoms with E-state index in [1.54, 1.807) is 0 Å². The summed E-state index contributed by atoms with van der Waals surface area (Å²) < 4.78 is 6.00. The topological polar surface area (TPSA) is 29.5 Å². The van der Waals surface area contributed by atoms with Crippen LogP contribution in [0.15, 0.2) is 11.3 Å². The summed E-state index contributed by atoms with van der Waals surface area (Å²) in [4.78, 5) is 14.3. The summed E-state index contributed by atoms with van der Waals surface area (Å²) in [6.45, 7) is 11.6. The van der Waals surface area contributed by atoms with Crippen LogP contribution in [0.5, 0.6) is 0 Å². The molecular weight excluding hydrogens is 298 g/mol. The van der Waals surface area contributed by atoms with Gasteiger partial charge in [0.2, 0.25) is 5.91 Å². The van der Waals surface area contributed by atoms with E-state index < -0.39 is 0 Å². The Labute approximate surface area is 141 Å². The predicted molar refractivity (Wildman–Crippen MR) is 92.8 cm³/mol. The number of carbonyl (C=O) groups excluding carboxylic acids is 1. The molecule has 0 saturated carbocycles. The molecule has 1 unspecified atom stereocenters. The van der Waals surface area contributed by atoms with Gasteiger partial charge in [0.05, 0.1) is 0 Å². The minimum Gasteiger partial charge on any atom is -0.358 e. The van der Waals surface area contributed by atoms with E-state index in [9.17, 15) is 4.79 Å². The third-order valence-corrected chi connectivity index (χ3v) is 5.01. The Bertz CT molecular complexity index is 404. The van der Waals surface area contributed by atoms with Gasteiger partial charge >= 0.3 is 0 Å². The number of alkyl halides is 1. The Hall–Kier alpha value is -0.540. The molecule has 0 aromatic rings. The average Bonchev–Trinajstić information content (AvgIpc) is 2.49. The lowest BCUT2D eigenvalue weighted by atomic mass is 9.74. The number of hydrogen-bond donors (Lipinski definition) is 0. The summed E-state index contributed by atoms with van der Waals surface area (Å²) in [6.07, 6.45) is 5.90. The first-order valence-electron chi connectivity index (χ1n) is 8.58. The third-order valence-electron chi connectivity index (χ3n) is 4.78. The highest BCUT2D eigenvalue weighted by atomic mass is 35.5. The minimum atomic E-state index is -0.198. The van der Waals surface area contributed by atoms with E-state index in [2.05, 4.69) is 34.6 Å². The van der Waals surface area contributed by atoms with Gasteiger partial charge in [0.1, 0.15) is 12.1 Å². The summed E-state index contributed by atoms with van der Waals surface area (Å²) >= 11 is 5.88. The van der Waals surface area contributed by atoms with Crippen LogP contribution < -0.4 is 0 Å². The van der Waals surface area contributed by atoms with E-state index in [-0.39, 0.29) is 23.4 Å². The maximum atomic E-state index is 12.5. The molecule has 128 valence electrons. The van der Waals surface area contributed by atoms with Gasteiger partial charge < -0.3 is 4.74 Å². The number of allylic oxidation sites excluding steroid dienone is 2. The third kappa shape index (κ3) is 4.73. The second-order valence-corrected chi connectivity index (χ2v) is 7.06. The van der Waals surface area contributed by atoms with Gasteiger partial charge in [0.15, 0.2) is 0 Å². The quantitative estimate of drug-likeness (QED) is 0.352. The lowest BCUT2D eigenvalue weighted by Gasteiger charge is -2.40. The number of halogens is 1. The van der Waals surface area contributed by atoms with Gasteiger partial charge in [-0.05, 0) is 50.0 Å². The standard InChI is InChI=1S/C18H32ClNO2/c1-6-8-12-22-17(7-2)20(16(21)13-19)15-10-9-11-18(4,5)14(15)3/h17H,6-13H2,1-5H3. The van der Waals surface area contributed by atoms with Crippen molar-refractivity contribution < 1.29 is 9.53 Å². The van der Waals surface area contributed by atoms with Crippen molar-refractivity contribution >= 4 is 17.5 Å². The van der Waals surface area contributed by atoms with Crippen LogP contribution in [0, 0.1) is 5.41 Å². The molecule has 0 aliphatic heterocycles. The van der Waals surface area contributed by atoms with E-state index in [0.29, 0.717) is 6.61 Å². The molecule has 0 radical (unpaired) electrons. The van der Waals surface area contributed by atoms with Crippen LogP contribution in [0.3, 0.4) is 0 Å². The Morgan fingerprint density at radius 2 is 2.09 bits per heavy atom. The highest BCUT2D eigenvalue weighted by Crippen LogP contribution is 2.41. The maximum absolute atomic E-state index is 12.5. The number of ether oxygens (including phenoxy) is 1. The van der Waals surface area contributed by atoms with Crippen molar-refractivity contribution in [3.63, 3.8) is 0 Å². The number of hydrogen-bond acceptors (Lipinski definition) is 2. The van der Waals surface area contributed by atoms with Crippen LogP contribution in [-0.2, 0) is 9.53 Å². The molecule has 0 saturated heterocycles. The summed E-state index contributed by atoms with van der Waals surface area (Å²) in [5, 5.41) is 0. The Balaban J connectivity index is 3.08. The van der Waals surface area contributed by atoms with Crippen molar-refractivity contribution in [2.24, 2.45) is 5.41 Å². The van der Waals surface area contributed by atoms with Crippen LogP contribution in [0.4, 0.5) is 0 Å². The lowest BCUT2D eigenvalue weighted by Crippen LogP contribution is -2.44. The van der Waals surface area contributed by atoms with Gasteiger partial charge in [-0.15, -0.1) is 11.6 Å². The van der Waals surface area contributed by atoms with Gasteiger partial charge in [-0.2, -0.15) is 0 Å². The van der Waals surface area contributed by atoms with E-state index in [0.717, 1.165) is 37.8 Å². The lowest BCUT2D eigenvalue weighted by molar-refractivity contribution is -0.140. The first-order valence-corrected chi connectivity index (χ1v) is 9.12. The second kappa shape index (κ2) is 8.93. The minimum absolute atomic E-state index is 0.00481. The largest absolute Gasteiger partial charge is 0.358 e. The molecule has 22 heavy (non-hydrogen) atoms. The first-order chi connectivity index (χ1) is 10.4. The van der Waals surface area contributed by atoms with Crippen molar-refractivity contribution in [2.75, 3.05) is 12.5 Å². The highest BCUT2D eigenvalue weighted by molar-refractivity contribution is 6.27. The smallest absolute Gasteiger partial charge is 0.243 e. The van der Waals surface area contributed by atoms with Crippen LogP contribution in [-0.4, -0.2) is 29.5 Å². The van der Waals surface area contributed by atoms with E-state index in [4.69, 9.17) is 16.3 Å². The van der Waals surface area contributed by atoms with Crippen molar-refractivity contribution in [3.8, 4) is 0 Å². The Morgan fingerprint density at radius 3 is 2.64 bits per heavy atom. The second-order valence-electron chi connectivity index (χ2n) is 6.79. The number of rotatable bonds is 8. The fraction of sp³-hybridized carbons (Fsp3) is 0.833. The summed E-state index contributed by atoms with van der Waals surface area (Å²) in [5.74, 6) is -0.0396. The van der Waals surface area contributed by atoms with E-state index >= 15 is 0 Å². The number of amides is 1. The Kier molecular flexibility index (Phi) is 7.92. The molecule has 1 rings (SSSR count). The molecule has 4 heteroatoms. The molecule has 1 aliphatic carbocycles. The molecule has 3 nitrogen and oxygen atoms in total. The molecule has 0 bridgehead atoms. The average molecular weight is 330 g/mol. The molecule has 0 aromatic heterocycles. The van der Waals surface area contributed by atoms with Crippen LogP contribution in [0.2, 0.25) is 0 Å². The fourth-order valence-electron chi connectivity index (χ4n) is 3.05. The SMILES string of the molecule is CCCCOC(CC)N(C(=O)CCl)C1=C(C)C(C)(C)CCC1. The number of carbonyl (C=O) groups is 1. The van der Waals surface area contributed by atoms with Crippen molar-refractivity contribution in [1.82, 2.24) is 4.90 Å². The first kappa shape index (κ1) is 19.5.